The van der Waals surface area contributed by atoms with E-state index < -0.39 is 40.8 Å². The van der Waals surface area contributed by atoms with Crippen LogP contribution in [-0.2, 0) is 23.9 Å². The number of likely N-dealkylation sites (N-methyl/N-ethyl adjacent to an activating group) is 1. The average Bonchev–Trinajstić information content (AvgIpc) is 3.00. The number of ether oxygens (including phenoxy) is 2. The third-order valence-corrected chi connectivity index (χ3v) is 8.88. The quantitative estimate of drug-likeness (QED) is 0.197. The van der Waals surface area contributed by atoms with Crippen LogP contribution in [0.1, 0.15) is 45.4 Å². The first kappa shape index (κ1) is 26.4. The van der Waals surface area contributed by atoms with Crippen LogP contribution in [0.4, 0.5) is 9.59 Å². The topological polar surface area (TPSA) is 169 Å². The summed E-state index contributed by atoms with van der Waals surface area (Å²) in [6.07, 6.45) is 3.55. The molecule has 13 heteroatoms. The van der Waals surface area contributed by atoms with E-state index >= 15 is 0 Å². The Morgan fingerprint density at radius 1 is 1.03 bits per heavy atom. The van der Waals surface area contributed by atoms with Gasteiger partial charge in [-0.05, 0) is 50.9 Å². The summed E-state index contributed by atoms with van der Waals surface area (Å²) in [4.78, 5) is 70.4. The maximum atomic E-state index is 13.3. The number of carbonyl (C=O) groups excluding carboxylic acids is 5. The third-order valence-electron chi connectivity index (χ3n) is 8.88. The summed E-state index contributed by atoms with van der Waals surface area (Å²) in [7, 11) is 1.53. The van der Waals surface area contributed by atoms with Gasteiger partial charge in [0.25, 0.3) is 17.7 Å². The number of nitrogens with two attached hydrogens (primary N) is 2. The highest BCUT2D eigenvalue weighted by molar-refractivity contribution is 6.29. The Balaban J connectivity index is 1.29. The van der Waals surface area contributed by atoms with E-state index in [-0.39, 0.29) is 36.4 Å². The predicted octanol–water partition coefficient (Wildman–Crippen LogP) is -0.0553. The fraction of sp³-hybridized carbons (Fsp3) is 0.720. The zero-order chi connectivity index (χ0) is 27.4. The number of hydrogen-bond acceptors (Lipinski definition) is 9. The number of nitrogens with zero attached hydrogens (tertiary/aromatic N) is 4. The molecule has 7 amide bonds. The Morgan fingerprint density at radius 3 is 2.24 bits per heavy atom. The van der Waals surface area contributed by atoms with E-state index in [0.717, 1.165) is 9.80 Å². The van der Waals surface area contributed by atoms with Crippen molar-refractivity contribution in [2.24, 2.45) is 22.8 Å². The number of urea groups is 2. The van der Waals surface area contributed by atoms with Crippen LogP contribution in [0.25, 0.3) is 0 Å². The lowest BCUT2D eigenvalue weighted by molar-refractivity contribution is -0.153. The van der Waals surface area contributed by atoms with E-state index in [0.29, 0.717) is 64.9 Å². The molecule has 2 saturated carbocycles. The summed E-state index contributed by atoms with van der Waals surface area (Å²) in [6.45, 7) is 4.03. The summed E-state index contributed by atoms with van der Waals surface area (Å²) in [5, 5.41) is 0. The Labute approximate surface area is 221 Å². The lowest BCUT2D eigenvalue weighted by Crippen LogP contribution is -2.66. The first-order valence-electron chi connectivity index (χ1n) is 13.2. The molecule has 38 heavy (non-hydrogen) atoms. The molecule has 13 nitrogen and oxygen atoms in total. The van der Waals surface area contributed by atoms with Gasteiger partial charge in [0, 0.05) is 32.2 Å². The van der Waals surface area contributed by atoms with Crippen LogP contribution < -0.4 is 11.5 Å². The second-order valence-electron chi connectivity index (χ2n) is 11.2. The molecule has 5 rings (SSSR count). The highest BCUT2D eigenvalue weighted by Gasteiger charge is 2.68. The van der Waals surface area contributed by atoms with E-state index in [9.17, 15) is 24.0 Å². The molecule has 0 atom stereocenters. The molecule has 0 unspecified atom stereocenters. The van der Waals surface area contributed by atoms with Gasteiger partial charge in [-0.1, -0.05) is 0 Å². The lowest BCUT2D eigenvalue weighted by Gasteiger charge is -2.59. The molecule has 3 aliphatic heterocycles. The second kappa shape index (κ2) is 9.53. The van der Waals surface area contributed by atoms with Gasteiger partial charge in [0.05, 0.1) is 26.4 Å². The van der Waals surface area contributed by atoms with Crippen molar-refractivity contribution >= 4 is 29.8 Å². The maximum absolute atomic E-state index is 13.3. The smallest absolute Gasteiger partial charge is 0.334 e. The van der Waals surface area contributed by atoms with Gasteiger partial charge in [0.1, 0.15) is 16.9 Å². The van der Waals surface area contributed by atoms with Crippen molar-refractivity contribution in [3.8, 4) is 0 Å². The van der Waals surface area contributed by atoms with Crippen molar-refractivity contribution < 1.29 is 33.4 Å². The molecular formula is C25H36N6O7. The highest BCUT2D eigenvalue weighted by Crippen LogP contribution is 2.61. The van der Waals surface area contributed by atoms with Gasteiger partial charge < -0.3 is 25.8 Å². The van der Waals surface area contributed by atoms with E-state index in [1.165, 1.54) is 11.9 Å². The number of rotatable bonds is 7. The van der Waals surface area contributed by atoms with Crippen LogP contribution in [0, 0.1) is 11.3 Å². The van der Waals surface area contributed by atoms with Crippen LogP contribution in [0.2, 0.25) is 0 Å². The molecule has 0 aromatic heterocycles. The third kappa shape index (κ3) is 3.94. The van der Waals surface area contributed by atoms with E-state index in [2.05, 4.69) is 0 Å². The summed E-state index contributed by atoms with van der Waals surface area (Å²) in [6, 6.07) is -1.38. The second-order valence-corrected chi connectivity index (χ2v) is 11.2. The van der Waals surface area contributed by atoms with Gasteiger partial charge in [-0.3, -0.25) is 29.1 Å². The van der Waals surface area contributed by atoms with Crippen molar-refractivity contribution in [3.05, 3.63) is 11.4 Å². The Kier molecular flexibility index (Phi) is 6.62. The van der Waals surface area contributed by atoms with Crippen LogP contribution in [-0.4, -0.2) is 108 Å². The van der Waals surface area contributed by atoms with Gasteiger partial charge in [0.15, 0.2) is 0 Å². The summed E-state index contributed by atoms with van der Waals surface area (Å²) < 4.78 is 10.6. The van der Waals surface area contributed by atoms with E-state index in [1.54, 1.807) is 11.8 Å². The molecule has 4 N–H and O–H groups in total. The molecule has 5 aliphatic rings. The van der Waals surface area contributed by atoms with Crippen molar-refractivity contribution in [1.29, 1.82) is 0 Å². The van der Waals surface area contributed by atoms with Crippen LogP contribution >= 0.6 is 0 Å². The molecule has 2 spiro atoms. The fourth-order valence-electron chi connectivity index (χ4n) is 6.85. The number of barbiturate groups is 1. The molecule has 208 valence electrons. The average molecular weight is 533 g/mol. The molecule has 5 fully saturated rings. The molecular weight excluding hydrogens is 496 g/mol. The highest BCUT2D eigenvalue weighted by atomic mass is 16.5. The Bertz CT molecular complexity index is 1080. The number of imide groups is 3. The van der Waals surface area contributed by atoms with Gasteiger partial charge in [-0.2, -0.15) is 0 Å². The van der Waals surface area contributed by atoms with Crippen molar-refractivity contribution in [2.45, 2.75) is 57.0 Å². The van der Waals surface area contributed by atoms with Gasteiger partial charge in [-0.25, -0.2) is 9.59 Å². The largest absolute Gasteiger partial charge is 0.385 e. The molecule has 3 saturated heterocycles. The normalized spacial score (nSPS) is 32.1. The van der Waals surface area contributed by atoms with Gasteiger partial charge in [-0.15, -0.1) is 0 Å². The maximum Gasteiger partial charge on any atom is 0.334 e. The van der Waals surface area contributed by atoms with Gasteiger partial charge in [0.2, 0.25) is 0 Å². The molecule has 0 radical (unpaired) electrons. The Morgan fingerprint density at radius 2 is 1.68 bits per heavy atom. The summed E-state index contributed by atoms with van der Waals surface area (Å²) >= 11 is 0. The first-order valence-corrected chi connectivity index (χ1v) is 13.2. The molecule has 2 aliphatic carbocycles. The standard InChI is InChI=1S/C25H36N6O7/c1-3-37-9-8-29-19(32)17(18(26)27)20(33)31(23(29)36)16-4-6-24(7-5-16)13-25(14-24)21(34)28(2)22(35)30(25)10-15-11-38-12-15/h15-16H,3-14,26-27H2,1-2H3. The van der Waals surface area contributed by atoms with E-state index in [4.69, 9.17) is 20.9 Å². The summed E-state index contributed by atoms with van der Waals surface area (Å²) in [5.41, 5.74) is 10.0. The van der Waals surface area contributed by atoms with Gasteiger partial charge >= 0.3 is 12.1 Å². The fourth-order valence-corrected chi connectivity index (χ4v) is 6.85. The molecule has 0 aromatic carbocycles. The SMILES string of the molecule is CCOCCN1C(=O)C(=C(N)N)C(=O)N(C2CCC3(CC2)CC2(C3)C(=O)N(C)C(=O)N2CC2COC2)C1=O. The summed E-state index contributed by atoms with van der Waals surface area (Å²) in [5.74, 6) is -1.92. The van der Waals surface area contributed by atoms with Crippen LogP contribution in [0.15, 0.2) is 11.4 Å². The molecule has 0 aromatic rings. The van der Waals surface area contributed by atoms with Crippen molar-refractivity contribution in [2.75, 3.05) is 46.6 Å². The molecule has 0 bridgehead atoms. The minimum absolute atomic E-state index is 0.0171. The number of amides is 7. The molecule has 3 heterocycles. The van der Waals surface area contributed by atoms with Crippen molar-refractivity contribution in [3.63, 3.8) is 0 Å². The van der Waals surface area contributed by atoms with Crippen LogP contribution in [0.5, 0.6) is 0 Å². The predicted molar refractivity (Wildman–Crippen MR) is 132 cm³/mol. The van der Waals surface area contributed by atoms with Crippen LogP contribution in [0.3, 0.4) is 0 Å². The van der Waals surface area contributed by atoms with E-state index in [1.807, 2.05) is 0 Å². The zero-order valence-corrected chi connectivity index (χ0v) is 21.9. The monoisotopic (exact) mass is 532 g/mol. The minimum atomic E-state index is -0.822. The number of hydrogen-bond donors (Lipinski definition) is 2. The lowest BCUT2D eigenvalue weighted by atomic mass is 9.51. The number of carbonyl (C=O) groups is 5. The minimum Gasteiger partial charge on any atom is -0.385 e. The Hall–Kier alpha value is -3.19. The zero-order valence-electron chi connectivity index (χ0n) is 21.9. The first-order chi connectivity index (χ1) is 18.0. The van der Waals surface area contributed by atoms with Crippen molar-refractivity contribution in [1.82, 2.24) is 19.6 Å².